The van der Waals surface area contributed by atoms with Gasteiger partial charge in [0.1, 0.15) is 11.6 Å². The first kappa shape index (κ1) is 20.1. The van der Waals surface area contributed by atoms with Crippen molar-refractivity contribution in [3.05, 3.63) is 100 Å². The van der Waals surface area contributed by atoms with E-state index in [2.05, 4.69) is 10.3 Å². The largest absolute Gasteiger partial charge is 0.478 e. The second-order valence-corrected chi connectivity index (χ2v) is 6.46. The minimum atomic E-state index is -1.00. The lowest BCUT2D eigenvalue weighted by molar-refractivity contribution is 0.0696. The van der Waals surface area contributed by atoms with Gasteiger partial charge in [0.25, 0.3) is 5.91 Å². The van der Waals surface area contributed by atoms with Gasteiger partial charge in [0.15, 0.2) is 0 Å². The number of carbonyl (C=O) groups excluding carboxylic acids is 1. The molecule has 0 aliphatic heterocycles. The Morgan fingerprint density at radius 3 is 2.24 bits per heavy atom. The number of carbonyl (C=O) groups is 2. The molecule has 0 atom stereocenters. The zero-order valence-electron chi connectivity index (χ0n) is 15.4. The first-order valence-corrected chi connectivity index (χ1v) is 8.91. The number of nitrogens with one attached hydrogen (secondary N) is 1. The van der Waals surface area contributed by atoms with E-state index >= 15 is 0 Å². The third-order valence-electron chi connectivity index (χ3n) is 4.37. The Balaban J connectivity index is 1.65. The Labute approximate surface area is 166 Å². The number of nitrogens with zero attached hydrogens (tertiary/aromatic N) is 1. The number of hydrogen-bond donors (Lipinski definition) is 2. The summed E-state index contributed by atoms with van der Waals surface area (Å²) in [6.07, 6.45) is 1.79. The van der Waals surface area contributed by atoms with Gasteiger partial charge >= 0.3 is 5.97 Å². The fraction of sp³-hybridized carbons (Fsp3) is 0.136. The third-order valence-corrected chi connectivity index (χ3v) is 4.37. The van der Waals surface area contributed by atoms with Crippen LogP contribution < -0.4 is 5.32 Å². The Kier molecular flexibility index (Phi) is 6.29. The van der Waals surface area contributed by atoms with E-state index in [4.69, 9.17) is 5.11 Å². The first-order chi connectivity index (χ1) is 13.9. The molecule has 2 N–H and O–H groups in total. The Hall–Kier alpha value is -3.61. The second-order valence-electron chi connectivity index (χ2n) is 6.46. The fourth-order valence-electron chi connectivity index (χ4n) is 2.83. The number of pyridine rings is 1. The van der Waals surface area contributed by atoms with Crippen LogP contribution in [0.25, 0.3) is 0 Å². The highest BCUT2D eigenvalue weighted by molar-refractivity contribution is 5.95. The van der Waals surface area contributed by atoms with Crippen LogP contribution in [-0.4, -0.2) is 28.5 Å². The van der Waals surface area contributed by atoms with E-state index in [9.17, 15) is 18.4 Å². The normalized spacial score (nSPS) is 10.6. The molecule has 0 unspecified atom stereocenters. The van der Waals surface area contributed by atoms with E-state index in [0.29, 0.717) is 12.1 Å². The highest BCUT2D eigenvalue weighted by Gasteiger charge is 2.14. The zero-order chi connectivity index (χ0) is 20.8. The lowest BCUT2D eigenvalue weighted by Crippen LogP contribution is -2.27. The Morgan fingerprint density at radius 2 is 1.59 bits per heavy atom. The van der Waals surface area contributed by atoms with Gasteiger partial charge in [0, 0.05) is 13.0 Å². The summed E-state index contributed by atoms with van der Waals surface area (Å²) < 4.78 is 26.7. The molecule has 0 fully saturated rings. The highest BCUT2D eigenvalue weighted by Crippen LogP contribution is 2.14. The molecule has 1 amide bonds. The number of amides is 1. The van der Waals surface area contributed by atoms with Crippen LogP contribution in [0.4, 0.5) is 8.78 Å². The maximum atomic E-state index is 13.6. The number of hydrogen-bond acceptors (Lipinski definition) is 3. The lowest BCUT2D eigenvalue weighted by Gasteiger charge is -2.10. The van der Waals surface area contributed by atoms with Crippen molar-refractivity contribution in [1.82, 2.24) is 10.3 Å². The van der Waals surface area contributed by atoms with Crippen LogP contribution in [0.1, 0.15) is 37.5 Å². The van der Waals surface area contributed by atoms with E-state index in [1.165, 1.54) is 24.3 Å². The van der Waals surface area contributed by atoms with E-state index < -0.39 is 17.7 Å². The number of benzene rings is 2. The molecule has 1 aromatic heterocycles. The van der Waals surface area contributed by atoms with Gasteiger partial charge in [0.05, 0.1) is 23.0 Å². The molecule has 0 bridgehead atoms. The molecule has 7 heteroatoms. The van der Waals surface area contributed by atoms with Gasteiger partial charge in [-0.05, 0) is 47.9 Å². The van der Waals surface area contributed by atoms with Crippen molar-refractivity contribution in [1.29, 1.82) is 0 Å². The van der Waals surface area contributed by atoms with Crippen LogP contribution in [0.3, 0.4) is 0 Å². The summed E-state index contributed by atoms with van der Waals surface area (Å²) >= 11 is 0. The number of aromatic nitrogens is 1. The lowest BCUT2D eigenvalue weighted by atomic mass is 10.0. The summed E-state index contributed by atoms with van der Waals surface area (Å²) in [6, 6.07) is 13.3. The molecular weight excluding hydrogens is 378 g/mol. The summed E-state index contributed by atoms with van der Waals surface area (Å²) in [7, 11) is 0. The number of aromatic carboxylic acids is 1. The maximum absolute atomic E-state index is 13.6. The number of carboxylic acid groups (broad SMARTS) is 1. The fourth-order valence-corrected chi connectivity index (χ4v) is 2.83. The Morgan fingerprint density at radius 1 is 0.931 bits per heavy atom. The summed E-state index contributed by atoms with van der Waals surface area (Å²) in [5, 5.41) is 11.6. The van der Waals surface area contributed by atoms with Crippen LogP contribution >= 0.6 is 0 Å². The van der Waals surface area contributed by atoms with Gasteiger partial charge in [-0.15, -0.1) is 0 Å². The molecule has 1 heterocycles. The van der Waals surface area contributed by atoms with E-state index in [1.54, 1.807) is 24.3 Å². The van der Waals surface area contributed by atoms with Gasteiger partial charge in [-0.25, -0.2) is 13.6 Å². The molecule has 148 valence electrons. The molecule has 0 radical (unpaired) electrons. The van der Waals surface area contributed by atoms with Crippen molar-refractivity contribution >= 4 is 11.9 Å². The molecule has 0 aliphatic rings. The van der Waals surface area contributed by atoms with E-state index in [-0.39, 0.29) is 29.9 Å². The quantitative estimate of drug-likeness (QED) is 0.639. The monoisotopic (exact) mass is 396 g/mol. The van der Waals surface area contributed by atoms with E-state index in [1.807, 2.05) is 0 Å². The van der Waals surface area contributed by atoms with Gasteiger partial charge in [-0.3, -0.25) is 9.78 Å². The van der Waals surface area contributed by atoms with Crippen LogP contribution in [-0.2, 0) is 12.8 Å². The minimum Gasteiger partial charge on any atom is -0.478 e. The van der Waals surface area contributed by atoms with Crippen molar-refractivity contribution in [2.24, 2.45) is 0 Å². The van der Waals surface area contributed by atoms with Crippen LogP contribution in [0.2, 0.25) is 0 Å². The van der Waals surface area contributed by atoms with Gasteiger partial charge < -0.3 is 10.4 Å². The molecule has 2 aromatic carbocycles. The third kappa shape index (κ3) is 5.44. The first-order valence-electron chi connectivity index (χ1n) is 8.91. The van der Waals surface area contributed by atoms with Gasteiger partial charge in [0.2, 0.25) is 0 Å². The van der Waals surface area contributed by atoms with Crippen molar-refractivity contribution in [3.8, 4) is 0 Å². The van der Waals surface area contributed by atoms with E-state index in [0.717, 1.165) is 23.4 Å². The summed E-state index contributed by atoms with van der Waals surface area (Å²) in [5.41, 5.74) is 2.31. The molecule has 5 nitrogen and oxygen atoms in total. The predicted molar refractivity (Wildman–Crippen MR) is 103 cm³/mol. The topological polar surface area (TPSA) is 79.3 Å². The molecule has 0 saturated heterocycles. The predicted octanol–water partition coefficient (Wildman–Crippen LogP) is 3.62. The van der Waals surface area contributed by atoms with Crippen LogP contribution in [0, 0.1) is 11.6 Å². The van der Waals surface area contributed by atoms with Crippen molar-refractivity contribution < 1.29 is 23.5 Å². The summed E-state index contributed by atoms with van der Waals surface area (Å²) in [4.78, 5) is 27.4. The molecule has 0 saturated carbocycles. The molecule has 29 heavy (non-hydrogen) atoms. The zero-order valence-corrected chi connectivity index (χ0v) is 15.4. The molecule has 0 spiro atoms. The molecular formula is C22H18F2N2O3. The van der Waals surface area contributed by atoms with Crippen molar-refractivity contribution in [3.63, 3.8) is 0 Å². The van der Waals surface area contributed by atoms with Crippen molar-refractivity contribution in [2.75, 3.05) is 6.54 Å². The van der Waals surface area contributed by atoms with Crippen LogP contribution in [0.5, 0.6) is 0 Å². The average molecular weight is 396 g/mol. The number of halogens is 2. The SMILES string of the molecule is O=C(O)c1ccc(CCNC(=O)c2cc(F)cnc2Cc2ccc(F)cc2)cc1. The summed E-state index contributed by atoms with van der Waals surface area (Å²) in [5.74, 6) is -2.45. The highest BCUT2D eigenvalue weighted by atomic mass is 19.1. The standard InChI is InChI=1S/C22H18F2N2O3/c23-17-7-3-15(4-8-17)11-20-19(12-18(24)13-26-20)21(27)25-10-9-14-1-5-16(6-2-14)22(28)29/h1-8,12-13H,9-11H2,(H,25,27)(H,28,29). The Bertz CT molecular complexity index is 1020. The molecule has 3 aromatic rings. The number of rotatable bonds is 7. The summed E-state index contributed by atoms with van der Waals surface area (Å²) in [6.45, 7) is 0.289. The van der Waals surface area contributed by atoms with Gasteiger partial charge in [-0.1, -0.05) is 24.3 Å². The average Bonchev–Trinajstić information content (AvgIpc) is 2.71. The number of carboxylic acids is 1. The smallest absolute Gasteiger partial charge is 0.335 e. The minimum absolute atomic E-state index is 0.121. The van der Waals surface area contributed by atoms with Crippen molar-refractivity contribution in [2.45, 2.75) is 12.8 Å². The maximum Gasteiger partial charge on any atom is 0.335 e. The molecule has 3 rings (SSSR count). The second kappa shape index (κ2) is 9.05. The van der Waals surface area contributed by atoms with Crippen LogP contribution in [0.15, 0.2) is 60.8 Å². The van der Waals surface area contributed by atoms with Gasteiger partial charge in [-0.2, -0.15) is 0 Å². The molecule has 0 aliphatic carbocycles.